The molecule has 0 amide bonds. The van der Waals surface area contributed by atoms with E-state index in [2.05, 4.69) is 29.8 Å². The maximum absolute atomic E-state index is 3.27. The molecule has 0 spiro atoms. The van der Waals surface area contributed by atoms with Crippen LogP contribution >= 0.6 is 0 Å². The van der Waals surface area contributed by atoms with Gasteiger partial charge >= 0.3 is 0 Å². The highest BCUT2D eigenvalue weighted by Crippen LogP contribution is 2.07. The minimum absolute atomic E-state index is 0.0104. The van der Waals surface area contributed by atoms with Crippen LogP contribution in [0.4, 0.5) is 0 Å². The van der Waals surface area contributed by atoms with Gasteiger partial charge in [-0.3, -0.25) is 0 Å². The van der Waals surface area contributed by atoms with Crippen LogP contribution in [-0.2, 0) is 0 Å². The Morgan fingerprint density at radius 1 is 1.18 bits per heavy atom. The zero-order chi connectivity index (χ0) is 8.91. The molecule has 0 fully saturated rings. The Balaban J connectivity index is 4.19. The lowest BCUT2D eigenvalue weighted by Gasteiger charge is -2.36. The summed E-state index contributed by atoms with van der Waals surface area (Å²) < 4.78 is 0. The monoisotopic (exact) mass is 159 g/mol. The summed E-state index contributed by atoms with van der Waals surface area (Å²) in [5.74, 6) is 0. The van der Waals surface area contributed by atoms with E-state index in [1.165, 1.54) is 0 Å². The fraction of sp³-hybridized carbons (Fsp3) is 1.00. The molecular weight excluding hydrogens is 138 g/mol. The SMILES string of the molecule is CCC(NC)C(C)(NC)NC. The van der Waals surface area contributed by atoms with Gasteiger partial charge in [0.25, 0.3) is 0 Å². The second kappa shape index (κ2) is 4.70. The normalized spacial score (nSPS) is 15.0. The van der Waals surface area contributed by atoms with E-state index >= 15 is 0 Å². The summed E-state index contributed by atoms with van der Waals surface area (Å²) in [4.78, 5) is 0. The highest BCUT2D eigenvalue weighted by molar-refractivity contribution is 4.89. The van der Waals surface area contributed by atoms with Crippen LogP contribution in [0.2, 0.25) is 0 Å². The van der Waals surface area contributed by atoms with Crippen LogP contribution in [0.5, 0.6) is 0 Å². The van der Waals surface area contributed by atoms with Crippen molar-refractivity contribution >= 4 is 0 Å². The zero-order valence-electron chi connectivity index (χ0n) is 8.28. The van der Waals surface area contributed by atoms with Crippen LogP contribution < -0.4 is 16.0 Å². The summed E-state index contributed by atoms with van der Waals surface area (Å²) >= 11 is 0. The molecule has 0 radical (unpaired) electrons. The lowest BCUT2D eigenvalue weighted by molar-refractivity contribution is 0.233. The number of rotatable bonds is 5. The van der Waals surface area contributed by atoms with Gasteiger partial charge in [0.05, 0.1) is 5.66 Å². The van der Waals surface area contributed by atoms with Gasteiger partial charge in [-0.2, -0.15) is 0 Å². The van der Waals surface area contributed by atoms with Crippen LogP contribution in [0.25, 0.3) is 0 Å². The molecule has 3 nitrogen and oxygen atoms in total. The Labute approximate surface area is 69.9 Å². The molecule has 3 N–H and O–H groups in total. The standard InChI is InChI=1S/C8H21N3/c1-6-7(9-3)8(2,10-4)11-5/h7,9-11H,6H2,1-5H3. The van der Waals surface area contributed by atoms with Crippen molar-refractivity contribution in [1.29, 1.82) is 0 Å². The molecule has 1 unspecified atom stereocenters. The molecule has 0 saturated carbocycles. The number of nitrogens with one attached hydrogen (secondary N) is 3. The zero-order valence-corrected chi connectivity index (χ0v) is 8.28. The highest BCUT2D eigenvalue weighted by atomic mass is 15.2. The predicted octanol–water partition coefficient (Wildman–Crippen LogP) is 0.139. The van der Waals surface area contributed by atoms with Gasteiger partial charge in [-0.25, -0.2) is 0 Å². The van der Waals surface area contributed by atoms with E-state index in [0.29, 0.717) is 6.04 Å². The molecule has 0 rings (SSSR count). The highest BCUT2D eigenvalue weighted by Gasteiger charge is 2.27. The van der Waals surface area contributed by atoms with Crippen molar-refractivity contribution in [1.82, 2.24) is 16.0 Å². The summed E-state index contributed by atoms with van der Waals surface area (Å²) in [5.41, 5.74) is -0.0104. The number of likely N-dealkylation sites (N-methyl/N-ethyl adjacent to an activating group) is 3. The van der Waals surface area contributed by atoms with Crippen molar-refractivity contribution in [2.45, 2.75) is 32.0 Å². The fourth-order valence-corrected chi connectivity index (χ4v) is 1.37. The van der Waals surface area contributed by atoms with E-state index in [1.807, 2.05) is 21.1 Å². The van der Waals surface area contributed by atoms with E-state index in [0.717, 1.165) is 6.42 Å². The van der Waals surface area contributed by atoms with Gasteiger partial charge in [0, 0.05) is 6.04 Å². The smallest absolute Gasteiger partial charge is 0.0810 e. The lowest BCUT2D eigenvalue weighted by Crippen LogP contribution is -2.63. The molecule has 0 saturated heterocycles. The average Bonchev–Trinajstić information content (AvgIpc) is 2.06. The van der Waals surface area contributed by atoms with Gasteiger partial charge in [0.15, 0.2) is 0 Å². The van der Waals surface area contributed by atoms with Crippen molar-refractivity contribution in [3.05, 3.63) is 0 Å². The first-order chi connectivity index (χ1) is 5.14. The second-order valence-corrected chi connectivity index (χ2v) is 2.95. The molecule has 0 aromatic carbocycles. The molecule has 0 heterocycles. The molecule has 1 atom stereocenters. The van der Waals surface area contributed by atoms with Gasteiger partial charge in [-0.1, -0.05) is 6.92 Å². The summed E-state index contributed by atoms with van der Waals surface area (Å²) in [6.45, 7) is 4.33. The number of hydrogen-bond acceptors (Lipinski definition) is 3. The molecule has 0 aliphatic heterocycles. The Morgan fingerprint density at radius 2 is 1.64 bits per heavy atom. The van der Waals surface area contributed by atoms with Gasteiger partial charge in [-0.05, 0) is 34.5 Å². The van der Waals surface area contributed by atoms with Crippen molar-refractivity contribution in [3.8, 4) is 0 Å². The van der Waals surface area contributed by atoms with Crippen LogP contribution in [0, 0.1) is 0 Å². The molecule has 11 heavy (non-hydrogen) atoms. The van der Waals surface area contributed by atoms with E-state index in [4.69, 9.17) is 0 Å². The van der Waals surface area contributed by atoms with Crippen molar-refractivity contribution in [2.24, 2.45) is 0 Å². The Kier molecular flexibility index (Phi) is 4.65. The number of hydrogen-bond donors (Lipinski definition) is 3. The molecular formula is C8H21N3. The minimum atomic E-state index is -0.0104. The Bertz CT molecular complexity index is 95.5. The van der Waals surface area contributed by atoms with E-state index in [1.54, 1.807) is 0 Å². The lowest BCUT2D eigenvalue weighted by atomic mass is 10.0. The fourth-order valence-electron chi connectivity index (χ4n) is 1.37. The van der Waals surface area contributed by atoms with E-state index < -0.39 is 0 Å². The van der Waals surface area contributed by atoms with Crippen molar-refractivity contribution < 1.29 is 0 Å². The quantitative estimate of drug-likeness (QED) is 0.499. The maximum Gasteiger partial charge on any atom is 0.0810 e. The first kappa shape index (κ1) is 10.9. The second-order valence-electron chi connectivity index (χ2n) is 2.95. The Hall–Kier alpha value is -0.120. The predicted molar refractivity (Wildman–Crippen MR) is 49.7 cm³/mol. The van der Waals surface area contributed by atoms with E-state index in [9.17, 15) is 0 Å². The molecule has 0 aliphatic carbocycles. The van der Waals surface area contributed by atoms with E-state index in [-0.39, 0.29) is 5.66 Å². The summed E-state index contributed by atoms with van der Waals surface area (Å²) in [6.07, 6.45) is 1.11. The van der Waals surface area contributed by atoms with Crippen LogP contribution in [0.3, 0.4) is 0 Å². The largest absolute Gasteiger partial charge is 0.314 e. The first-order valence-electron chi connectivity index (χ1n) is 4.19. The average molecular weight is 159 g/mol. The molecule has 0 bridgehead atoms. The summed E-state index contributed by atoms with van der Waals surface area (Å²) in [7, 11) is 5.92. The molecule has 0 aliphatic rings. The maximum atomic E-state index is 3.27. The first-order valence-corrected chi connectivity index (χ1v) is 4.19. The van der Waals surface area contributed by atoms with Crippen LogP contribution in [0.1, 0.15) is 20.3 Å². The van der Waals surface area contributed by atoms with Crippen molar-refractivity contribution in [2.75, 3.05) is 21.1 Å². The van der Waals surface area contributed by atoms with Gasteiger partial charge in [0.2, 0.25) is 0 Å². The van der Waals surface area contributed by atoms with Gasteiger partial charge in [-0.15, -0.1) is 0 Å². The molecule has 0 aromatic rings. The Morgan fingerprint density at radius 3 is 1.73 bits per heavy atom. The topological polar surface area (TPSA) is 36.1 Å². The summed E-state index contributed by atoms with van der Waals surface area (Å²) in [6, 6.07) is 0.456. The molecule has 3 heteroatoms. The van der Waals surface area contributed by atoms with Crippen molar-refractivity contribution in [3.63, 3.8) is 0 Å². The minimum Gasteiger partial charge on any atom is -0.314 e. The third kappa shape index (κ3) is 2.43. The van der Waals surface area contributed by atoms with Gasteiger partial charge < -0.3 is 16.0 Å². The van der Waals surface area contributed by atoms with Crippen LogP contribution in [-0.4, -0.2) is 32.8 Å². The third-order valence-electron chi connectivity index (χ3n) is 2.49. The third-order valence-corrected chi connectivity index (χ3v) is 2.49. The summed E-state index contributed by atoms with van der Waals surface area (Å²) in [5, 5.41) is 9.78. The molecule has 68 valence electrons. The van der Waals surface area contributed by atoms with Crippen LogP contribution in [0.15, 0.2) is 0 Å². The molecule has 0 aromatic heterocycles. The van der Waals surface area contributed by atoms with Gasteiger partial charge in [0.1, 0.15) is 0 Å².